The van der Waals surface area contributed by atoms with E-state index in [1.165, 1.54) is 23.1 Å². The second-order valence-corrected chi connectivity index (χ2v) is 6.74. The van der Waals surface area contributed by atoms with Crippen LogP contribution in [-0.2, 0) is 19.1 Å². The number of hydrogen-bond acceptors (Lipinski definition) is 5. The summed E-state index contributed by atoms with van der Waals surface area (Å²) in [6, 6.07) is 11.4. The smallest absolute Gasteiger partial charge is 0.325 e. The Hall–Kier alpha value is -3.75. The molecule has 30 heavy (non-hydrogen) atoms. The zero-order chi connectivity index (χ0) is 21.7. The summed E-state index contributed by atoms with van der Waals surface area (Å²) in [6.07, 6.45) is 0.0953. The Morgan fingerprint density at radius 2 is 1.97 bits per heavy atom. The van der Waals surface area contributed by atoms with Crippen LogP contribution in [0.15, 0.2) is 48.5 Å². The van der Waals surface area contributed by atoms with Crippen molar-refractivity contribution < 1.29 is 28.3 Å². The van der Waals surface area contributed by atoms with Gasteiger partial charge in [-0.2, -0.15) is 0 Å². The van der Waals surface area contributed by atoms with Crippen molar-refractivity contribution in [3.63, 3.8) is 0 Å². The summed E-state index contributed by atoms with van der Waals surface area (Å²) in [5, 5.41) is 5.05. The first-order chi connectivity index (χ1) is 14.3. The van der Waals surface area contributed by atoms with E-state index >= 15 is 0 Å². The molecule has 0 aliphatic carbocycles. The lowest BCUT2D eigenvalue weighted by Gasteiger charge is -2.27. The van der Waals surface area contributed by atoms with Gasteiger partial charge in [0.15, 0.2) is 6.61 Å². The summed E-state index contributed by atoms with van der Waals surface area (Å²) in [6.45, 7) is 0.691. The van der Waals surface area contributed by atoms with Crippen LogP contribution in [0.25, 0.3) is 0 Å². The van der Waals surface area contributed by atoms with Gasteiger partial charge in [-0.05, 0) is 37.3 Å². The van der Waals surface area contributed by atoms with Crippen molar-refractivity contribution in [2.45, 2.75) is 19.4 Å². The van der Waals surface area contributed by atoms with Crippen LogP contribution in [0.5, 0.6) is 0 Å². The molecule has 9 heteroatoms. The minimum atomic E-state index is -0.821. The molecule has 1 atom stereocenters. The van der Waals surface area contributed by atoms with Crippen LogP contribution >= 0.6 is 0 Å². The van der Waals surface area contributed by atoms with E-state index in [4.69, 9.17) is 4.74 Å². The van der Waals surface area contributed by atoms with E-state index in [2.05, 4.69) is 10.6 Å². The van der Waals surface area contributed by atoms with Gasteiger partial charge in [0.25, 0.3) is 11.8 Å². The first-order valence-electron chi connectivity index (χ1n) is 9.25. The molecule has 8 nitrogen and oxygen atoms in total. The topological polar surface area (TPSA) is 105 Å². The van der Waals surface area contributed by atoms with Gasteiger partial charge in [-0.15, -0.1) is 0 Å². The van der Waals surface area contributed by atoms with Crippen LogP contribution in [0, 0.1) is 5.82 Å². The Labute approximate surface area is 172 Å². The maximum absolute atomic E-state index is 13.2. The van der Waals surface area contributed by atoms with Gasteiger partial charge in [-0.1, -0.05) is 18.2 Å². The predicted octanol–water partition coefficient (Wildman–Crippen LogP) is 1.86. The molecular weight excluding hydrogens is 393 g/mol. The molecule has 3 amide bonds. The van der Waals surface area contributed by atoms with Crippen molar-refractivity contribution in [3.05, 3.63) is 59.9 Å². The SMILES string of the molecule is C[C@@H]1CC(=O)Nc2ccccc2N1C(=O)COC(=O)CNC(=O)c1cccc(F)c1. The summed E-state index contributed by atoms with van der Waals surface area (Å²) < 4.78 is 18.1. The third-order valence-corrected chi connectivity index (χ3v) is 4.46. The molecule has 0 fully saturated rings. The number of benzene rings is 2. The molecule has 156 valence electrons. The normalized spacial score (nSPS) is 15.5. The highest BCUT2D eigenvalue weighted by molar-refractivity contribution is 6.05. The summed E-state index contributed by atoms with van der Waals surface area (Å²) in [7, 11) is 0. The van der Waals surface area contributed by atoms with E-state index in [-0.39, 0.29) is 17.9 Å². The number of nitrogens with zero attached hydrogens (tertiary/aromatic N) is 1. The van der Waals surface area contributed by atoms with Crippen molar-refractivity contribution in [2.24, 2.45) is 0 Å². The number of nitrogens with one attached hydrogen (secondary N) is 2. The van der Waals surface area contributed by atoms with Crippen molar-refractivity contribution in [1.29, 1.82) is 0 Å². The zero-order valence-corrected chi connectivity index (χ0v) is 16.2. The molecule has 0 spiro atoms. The number of para-hydroxylation sites is 2. The number of esters is 1. The van der Waals surface area contributed by atoms with Crippen molar-refractivity contribution >= 4 is 35.1 Å². The van der Waals surface area contributed by atoms with Crippen LogP contribution in [0.2, 0.25) is 0 Å². The van der Waals surface area contributed by atoms with Crippen LogP contribution in [0.4, 0.5) is 15.8 Å². The number of anilines is 2. The van der Waals surface area contributed by atoms with E-state index < -0.39 is 42.8 Å². The summed E-state index contributed by atoms with van der Waals surface area (Å²) in [5.74, 6) is -2.76. The zero-order valence-electron chi connectivity index (χ0n) is 16.2. The Morgan fingerprint density at radius 1 is 1.20 bits per heavy atom. The third-order valence-electron chi connectivity index (χ3n) is 4.46. The highest BCUT2D eigenvalue weighted by Crippen LogP contribution is 2.31. The second kappa shape index (κ2) is 9.17. The number of hydrogen-bond donors (Lipinski definition) is 2. The summed E-state index contributed by atoms with van der Waals surface area (Å²) in [5.41, 5.74) is 1.07. The third kappa shape index (κ3) is 4.99. The van der Waals surface area contributed by atoms with Crippen LogP contribution in [-0.4, -0.2) is 42.9 Å². The van der Waals surface area contributed by atoms with E-state index in [9.17, 15) is 23.6 Å². The van der Waals surface area contributed by atoms with Crippen molar-refractivity contribution in [2.75, 3.05) is 23.4 Å². The summed E-state index contributed by atoms with van der Waals surface area (Å²) >= 11 is 0. The molecule has 2 aromatic carbocycles. The first-order valence-corrected chi connectivity index (χ1v) is 9.25. The molecule has 0 bridgehead atoms. The number of amides is 3. The maximum Gasteiger partial charge on any atom is 0.325 e. The fourth-order valence-electron chi connectivity index (χ4n) is 3.11. The van der Waals surface area contributed by atoms with E-state index in [1.54, 1.807) is 31.2 Å². The molecule has 0 radical (unpaired) electrons. The van der Waals surface area contributed by atoms with Gasteiger partial charge in [-0.25, -0.2) is 4.39 Å². The molecule has 0 saturated heterocycles. The fourth-order valence-corrected chi connectivity index (χ4v) is 3.11. The van der Waals surface area contributed by atoms with Gasteiger partial charge in [-0.3, -0.25) is 19.2 Å². The number of halogens is 1. The number of carbonyl (C=O) groups excluding carboxylic acids is 4. The Morgan fingerprint density at radius 3 is 2.73 bits per heavy atom. The van der Waals surface area contributed by atoms with Gasteiger partial charge in [0.05, 0.1) is 11.4 Å². The van der Waals surface area contributed by atoms with Crippen LogP contribution in [0.1, 0.15) is 23.7 Å². The average molecular weight is 413 g/mol. The lowest BCUT2D eigenvalue weighted by atomic mass is 10.1. The van der Waals surface area contributed by atoms with Gasteiger partial charge in [0, 0.05) is 18.0 Å². The van der Waals surface area contributed by atoms with Crippen molar-refractivity contribution in [1.82, 2.24) is 5.32 Å². The number of rotatable bonds is 5. The molecule has 1 aliphatic heterocycles. The van der Waals surface area contributed by atoms with Crippen molar-refractivity contribution in [3.8, 4) is 0 Å². The molecule has 3 rings (SSSR count). The number of carbonyl (C=O) groups is 4. The highest BCUT2D eigenvalue weighted by atomic mass is 19.1. The molecule has 0 saturated carbocycles. The summed E-state index contributed by atoms with van der Waals surface area (Å²) in [4.78, 5) is 50.0. The lowest BCUT2D eigenvalue weighted by Crippen LogP contribution is -2.42. The van der Waals surface area contributed by atoms with E-state index in [0.717, 1.165) is 6.07 Å². The fraction of sp³-hybridized carbons (Fsp3) is 0.238. The molecule has 1 aliphatic rings. The Balaban J connectivity index is 1.57. The molecule has 2 N–H and O–H groups in total. The molecule has 2 aromatic rings. The standard InChI is InChI=1S/C21H20FN3O5/c1-13-9-18(26)24-16-7-2-3-8-17(16)25(13)19(27)12-30-20(28)11-23-21(29)14-5-4-6-15(22)10-14/h2-8,10,13H,9,11-12H2,1H3,(H,23,29)(H,24,26)/t13-/m1/s1. The predicted molar refractivity (Wildman–Crippen MR) is 106 cm³/mol. The van der Waals surface area contributed by atoms with Gasteiger partial charge < -0.3 is 20.3 Å². The lowest BCUT2D eigenvalue weighted by molar-refractivity contribution is -0.146. The Kier molecular flexibility index (Phi) is 6.41. The van der Waals surface area contributed by atoms with Gasteiger partial charge >= 0.3 is 5.97 Å². The minimum absolute atomic E-state index is 0.0612. The van der Waals surface area contributed by atoms with Crippen LogP contribution in [0.3, 0.4) is 0 Å². The van der Waals surface area contributed by atoms with Gasteiger partial charge in [0.1, 0.15) is 12.4 Å². The quantitative estimate of drug-likeness (QED) is 0.728. The molecule has 0 unspecified atom stereocenters. The monoisotopic (exact) mass is 413 g/mol. The average Bonchev–Trinajstić information content (AvgIpc) is 2.84. The number of ether oxygens (including phenoxy) is 1. The largest absolute Gasteiger partial charge is 0.454 e. The van der Waals surface area contributed by atoms with E-state index in [1.807, 2.05) is 0 Å². The molecular formula is C21H20FN3O5. The highest BCUT2D eigenvalue weighted by Gasteiger charge is 2.30. The minimum Gasteiger partial charge on any atom is -0.454 e. The van der Waals surface area contributed by atoms with E-state index in [0.29, 0.717) is 11.4 Å². The van der Waals surface area contributed by atoms with Gasteiger partial charge in [0.2, 0.25) is 5.91 Å². The molecule has 1 heterocycles. The first kappa shape index (κ1) is 21.0. The second-order valence-electron chi connectivity index (χ2n) is 6.74. The van der Waals surface area contributed by atoms with Crippen LogP contribution < -0.4 is 15.5 Å². The Bertz CT molecular complexity index is 994. The number of fused-ring (bicyclic) bond motifs is 1. The molecule has 0 aromatic heterocycles. The maximum atomic E-state index is 13.2.